The summed E-state index contributed by atoms with van der Waals surface area (Å²) in [5.41, 5.74) is -1.00. The van der Waals surface area contributed by atoms with Crippen molar-refractivity contribution >= 4 is 0 Å². The van der Waals surface area contributed by atoms with Gasteiger partial charge in [-0.3, -0.25) is 4.68 Å². The third-order valence-electron chi connectivity index (χ3n) is 3.32. The Hall–Kier alpha value is -2.91. The molecule has 1 unspecified atom stereocenters. The Labute approximate surface area is 139 Å². The Kier molecular flexibility index (Phi) is 4.43. The van der Waals surface area contributed by atoms with Gasteiger partial charge in [0, 0.05) is 6.20 Å². The van der Waals surface area contributed by atoms with E-state index in [2.05, 4.69) is 15.2 Å². The predicted octanol–water partition coefficient (Wildman–Crippen LogP) is 3.61. The maximum atomic E-state index is 12.8. The minimum atomic E-state index is -4.52. The van der Waals surface area contributed by atoms with Crippen molar-refractivity contribution in [1.29, 1.82) is 0 Å². The topological polar surface area (TPSA) is 66.0 Å². The van der Waals surface area contributed by atoms with Crippen LogP contribution in [0.15, 0.2) is 41.1 Å². The van der Waals surface area contributed by atoms with E-state index >= 15 is 0 Å². The fourth-order valence-corrected chi connectivity index (χ4v) is 1.99. The van der Waals surface area contributed by atoms with Gasteiger partial charge in [0.05, 0.1) is 0 Å². The van der Waals surface area contributed by atoms with Crippen molar-refractivity contribution in [2.75, 3.05) is 0 Å². The molecule has 1 aromatic carbocycles. The fourth-order valence-electron chi connectivity index (χ4n) is 1.99. The molecule has 2 heterocycles. The molecular weight excluding hydrogens is 344 g/mol. The summed E-state index contributed by atoms with van der Waals surface area (Å²) < 4.78 is 62.1. The normalized spacial score (nSPS) is 13.0. The summed E-state index contributed by atoms with van der Waals surface area (Å²) in [6, 6.07) is 5.57. The van der Waals surface area contributed by atoms with Gasteiger partial charge in [0.25, 0.3) is 5.89 Å². The Bertz CT molecular complexity index is 842. The van der Waals surface area contributed by atoms with Gasteiger partial charge in [-0.2, -0.15) is 23.3 Å². The number of benzene rings is 1. The van der Waals surface area contributed by atoms with Crippen LogP contribution in [0.5, 0.6) is 5.75 Å². The van der Waals surface area contributed by atoms with Crippen molar-refractivity contribution in [3.05, 3.63) is 59.8 Å². The molecule has 132 valence electrons. The number of alkyl halides is 3. The molecule has 1 atom stereocenters. The summed E-state index contributed by atoms with van der Waals surface area (Å²) in [6.07, 6.45) is -3.33. The van der Waals surface area contributed by atoms with Crippen LogP contribution in [-0.4, -0.2) is 19.9 Å². The summed E-state index contributed by atoms with van der Waals surface area (Å²) in [5, 5.41) is 7.17. The molecule has 0 saturated carbocycles. The first-order chi connectivity index (χ1) is 11.8. The molecule has 0 aliphatic heterocycles. The summed E-state index contributed by atoms with van der Waals surface area (Å²) in [7, 11) is 0. The predicted molar refractivity (Wildman–Crippen MR) is 76.1 cm³/mol. The van der Waals surface area contributed by atoms with Gasteiger partial charge in [0.2, 0.25) is 5.82 Å². The largest absolute Gasteiger partial charge is 0.485 e. The van der Waals surface area contributed by atoms with Crippen molar-refractivity contribution in [1.82, 2.24) is 19.9 Å². The smallest absolute Gasteiger partial charge is 0.435 e. The highest BCUT2D eigenvalue weighted by molar-refractivity contribution is 5.22. The molecule has 0 amide bonds. The third-order valence-corrected chi connectivity index (χ3v) is 3.32. The average molecular weight is 356 g/mol. The van der Waals surface area contributed by atoms with Crippen molar-refractivity contribution in [2.24, 2.45) is 0 Å². The SMILES string of the molecule is CC(c1nc(COc2ccc(F)cc2)no1)n1ccc(C(F)(F)F)n1. The number of halogens is 4. The van der Waals surface area contributed by atoms with E-state index in [9.17, 15) is 17.6 Å². The summed E-state index contributed by atoms with van der Waals surface area (Å²) >= 11 is 0. The molecule has 2 aromatic heterocycles. The lowest BCUT2D eigenvalue weighted by Gasteiger charge is -2.07. The second-order valence-electron chi connectivity index (χ2n) is 5.15. The summed E-state index contributed by atoms with van der Waals surface area (Å²) in [5.74, 6) is 0.326. The minimum absolute atomic E-state index is 0.0330. The van der Waals surface area contributed by atoms with Crippen molar-refractivity contribution in [3.8, 4) is 5.75 Å². The number of hydrogen-bond acceptors (Lipinski definition) is 5. The van der Waals surface area contributed by atoms with Crippen LogP contribution in [0.1, 0.15) is 30.4 Å². The Balaban J connectivity index is 1.66. The van der Waals surface area contributed by atoms with Gasteiger partial charge in [0.15, 0.2) is 12.3 Å². The van der Waals surface area contributed by atoms with Crippen LogP contribution < -0.4 is 4.74 Å². The van der Waals surface area contributed by atoms with E-state index in [-0.39, 0.29) is 24.1 Å². The van der Waals surface area contributed by atoms with Gasteiger partial charge in [-0.1, -0.05) is 5.16 Å². The summed E-state index contributed by atoms with van der Waals surface area (Å²) in [6.45, 7) is 1.54. The highest BCUT2D eigenvalue weighted by Gasteiger charge is 2.34. The zero-order chi connectivity index (χ0) is 18.0. The van der Waals surface area contributed by atoms with Gasteiger partial charge in [-0.25, -0.2) is 4.39 Å². The number of aromatic nitrogens is 4. The quantitative estimate of drug-likeness (QED) is 0.654. The molecule has 0 aliphatic carbocycles. The van der Waals surface area contributed by atoms with E-state index in [0.717, 1.165) is 10.7 Å². The van der Waals surface area contributed by atoms with E-state index in [0.29, 0.717) is 5.75 Å². The lowest BCUT2D eigenvalue weighted by Crippen LogP contribution is -2.12. The van der Waals surface area contributed by atoms with Gasteiger partial charge in [-0.15, -0.1) is 0 Å². The maximum Gasteiger partial charge on any atom is 0.435 e. The van der Waals surface area contributed by atoms with Crippen LogP contribution in [0.4, 0.5) is 17.6 Å². The number of ether oxygens (including phenoxy) is 1. The molecule has 0 radical (unpaired) electrons. The van der Waals surface area contributed by atoms with E-state index in [1.165, 1.54) is 30.5 Å². The average Bonchev–Trinajstić information content (AvgIpc) is 3.23. The van der Waals surface area contributed by atoms with Crippen LogP contribution in [0.2, 0.25) is 0 Å². The first-order valence-electron chi connectivity index (χ1n) is 7.16. The minimum Gasteiger partial charge on any atom is -0.485 e. The molecule has 3 rings (SSSR count). The van der Waals surface area contributed by atoms with Crippen LogP contribution in [-0.2, 0) is 12.8 Å². The van der Waals surface area contributed by atoms with Crippen LogP contribution in [0, 0.1) is 5.82 Å². The van der Waals surface area contributed by atoms with Gasteiger partial charge < -0.3 is 9.26 Å². The van der Waals surface area contributed by atoms with E-state index < -0.39 is 17.9 Å². The highest BCUT2D eigenvalue weighted by atomic mass is 19.4. The molecule has 25 heavy (non-hydrogen) atoms. The molecule has 6 nitrogen and oxygen atoms in total. The zero-order valence-electron chi connectivity index (χ0n) is 12.9. The number of nitrogens with zero attached hydrogens (tertiary/aromatic N) is 4. The summed E-state index contributed by atoms with van der Waals surface area (Å²) in [4.78, 5) is 4.07. The Morgan fingerprint density at radius 1 is 1.20 bits per heavy atom. The van der Waals surface area contributed by atoms with Crippen molar-refractivity contribution < 1.29 is 26.8 Å². The van der Waals surface area contributed by atoms with E-state index in [4.69, 9.17) is 9.26 Å². The molecule has 0 saturated heterocycles. The molecule has 0 fully saturated rings. The first kappa shape index (κ1) is 16.9. The monoisotopic (exact) mass is 356 g/mol. The van der Waals surface area contributed by atoms with Crippen LogP contribution in [0.25, 0.3) is 0 Å². The molecular formula is C15H12F4N4O2. The number of hydrogen-bond donors (Lipinski definition) is 0. The Morgan fingerprint density at radius 3 is 2.56 bits per heavy atom. The zero-order valence-corrected chi connectivity index (χ0v) is 12.9. The van der Waals surface area contributed by atoms with Crippen LogP contribution in [0.3, 0.4) is 0 Å². The second-order valence-corrected chi connectivity index (χ2v) is 5.15. The van der Waals surface area contributed by atoms with Crippen molar-refractivity contribution in [2.45, 2.75) is 25.7 Å². The van der Waals surface area contributed by atoms with E-state index in [1.54, 1.807) is 6.92 Å². The number of rotatable bonds is 5. The Morgan fingerprint density at radius 2 is 1.92 bits per heavy atom. The fraction of sp³-hybridized carbons (Fsp3) is 0.267. The third kappa shape index (κ3) is 3.95. The highest BCUT2D eigenvalue weighted by Crippen LogP contribution is 2.28. The standard InChI is InChI=1S/C15H12F4N4O2/c1-9(23-7-6-12(21-23)15(17,18)19)14-20-13(22-25-14)8-24-11-4-2-10(16)3-5-11/h2-7,9H,8H2,1H3. The molecule has 10 heteroatoms. The lowest BCUT2D eigenvalue weighted by molar-refractivity contribution is -0.141. The lowest BCUT2D eigenvalue weighted by atomic mass is 10.3. The molecule has 0 bridgehead atoms. The molecule has 0 spiro atoms. The maximum absolute atomic E-state index is 12.8. The first-order valence-corrected chi connectivity index (χ1v) is 7.16. The molecule has 3 aromatic rings. The van der Waals surface area contributed by atoms with Gasteiger partial charge in [-0.05, 0) is 37.3 Å². The van der Waals surface area contributed by atoms with Gasteiger partial charge in [0.1, 0.15) is 17.6 Å². The van der Waals surface area contributed by atoms with E-state index in [1.807, 2.05) is 0 Å². The van der Waals surface area contributed by atoms with Crippen molar-refractivity contribution in [3.63, 3.8) is 0 Å². The molecule has 0 aliphatic rings. The van der Waals surface area contributed by atoms with Crippen LogP contribution >= 0.6 is 0 Å². The second kappa shape index (κ2) is 6.54. The molecule has 0 N–H and O–H groups in total. The van der Waals surface area contributed by atoms with Gasteiger partial charge >= 0.3 is 6.18 Å².